The van der Waals surface area contributed by atoms with Crippen molar-refractivity contribution in [2.24, 2.45) is 5.92 Å². The van der Waals surface area contributed by atoms with Gasteiger partial charge in [-0.05, 0) is 49.4 Å². The highest BCUT2D eigenvalue weighted by Crippen LogP contribution is 2.41. The van der Waals surface area contributed by atoms with E-state index in [-0.39, 0.29) is 17.3 Å². The highest BCUT2D eigenvalue weighted by atomic mass is 32.2. The lowest BCUT2D eigenvalue weighted by Gasteiger charge is -2.22. The molecule has 1 amide bonds. The van der Waals surface area contributed by atoms with Gasteiger partial charge in [-0.1, -0.05) is 31.2 Å². The number of rotatable bonds is 6. The predicted octanol–water partition coefficient (Wildman–Crippen LogP) is 2.20. The van der Waals surface area contributed by atoms with Crippen molar-refractivity contribution >= 4 is 32.4 Å². The summed E-state index contributed by atoms with van der Waals surface area (Å²) in [5, 5.41) is 4.48. The molecule has 1 fully saturated rings. The Labute approximate surface area is 160 Å². The average molecular weight is 388 g/mol. The van der Waals surface area contributed by atoms with Crippen LogP contribution in [0.5, 0.6) is 0 Å². The largest absolute Gasteiger partial charge is 0.354 e. The van der Waals surface area contributed by atoms with E-state index in [1.165, 1.54) is 17.1 Å². The smallest absolute Gasteiger partial charge is 0.265 e. The molecular formula is C20H25N3O3S. The Morgan fingerprint density at radius 3 is 2.59 bits per heavy atom. The third-order valence-electron chi connectivity index (χ3n) is 5.38. The second-order valence-corrected chi connectivity index (χ2v) is 9.39. The van der Waals surface area contributed by atoms with E-state index in [0.29, 0.717) is 23.5 Å². The minimum atomic E-state index is -3.69. The van der Waals surface area contributed by atoms with E-state index in [1.54, 1.807) is 18.2 Å². The molecule has 0 radical (unpaired) electrons. The van der Waals surface area contributed by atoms with E-state index in [0.717, 1.165) is 25.0 Å². The Morgan fingerprint density at radius 1 is 1.15 bits per heavy atom. The van der Waals surface area contributed by atoms with Gasteiger partial charge in [-0.15, -0.1) is 0 Å². The molecule has 0 aromatic heterocycles. The van der Waals surface area contributed by atoms with Crippen molar-refractivity contribution < 1.29 is 13.2 Å². The number of sulfonamides is 1. The SMILES string of the molecule is CC(CNC(=O)CN1c2cccc3cccc(c23)S1(=O)=O)CN1CCCC1. The first kappa shape index (κ1) is 18.3. The van der Waals surface area contributed by atoms with Gasteiger partial charge in [0, 0.05) is 18.5 Å². The summed E-state index contributed by atoms with van der Waals surface area (Å²) in [5.74, 6) is 0.0690. The number of carbonyl (C=O) groups excluding carboxylic acids is 1. The molecule has 1 atom stereocenters. The van der Waals surface area contributed by atoms with Gasteiger partial charge in [-0.2, -0.15) is 0 Å². The van der Waals surface area contributed by atoms with Crippen molar-refractivity contribution in [2.45, 2.75) is 24.7 Å². The van der Waals surface area contributed by atoms with Crippen LogP contribution < -0.4 is 9.62 Å². The average Bonchev–Trinajstić information content (AvgIpc) is 3.22. The molecule has 2 aliphatic rings. The molecule has 2 heterocycles. The lowest BCUT2D eigenvalue weighted by Crippen LogP contribution is -2.41. The molecule has 2 aromatic carbocycles. The van der Waals surface area contributed by atoms with Crippen LogP contribution in [0.15, 0.2) is 41.3 Å². The topological polar surface area (TPSA) is 69.7 Å². The fourth-order valence-corrected chi connectivity index (χ4v) is 5.74. The Kier molecular flexibility index (Phi) is 4.82. The first-order valence-corrected chi connectivity index (χ1v) is 10.9. The molecule has 1 N–H and O–H groups in total. The van der Waals surface area contributed by atoms with Crippen molar-refractivity contribution in [3.05, 3.63) is 36.4 Å². The van der Waals surface area contributed by atoms with Gasteiger partial charge in [0.2, 0.25) is 5.91 Å². The predicted molar refractivity (Wildman–Crippen MR) is 106 cm³/mol. The van der Waals surface area contributed by atoms with Gasteiger partial charge in [0.05, 0.1) is 10.6 Å². The monoisotopic (exact) mass is 387 g/mol. The number of amides is 1. The van der Waals surface area contributed by atoms with Gasteiger partial charge in [0.1, 0.15) is 6.54 Å². The van der Waals surface area contributed by atoms with E-state index >= 15 is 0 Å². The molecule has 1 saturated heterocycles. The van der Waals surface area contributed by atoms with Gasteiger partial charge in [-0.3, -0.25) is 9.10 Å². The van der Waals surface area contributed by atoms with Crippen LogP contribution in [0.2, 0.25) is 0 Å². The Hall–Kier alpha value is -2.12. The normalized spacial score (nSPS) is 19.5. The second kappa shape index (κ2) is 7.13. The Morgan fingerprint density at radius 2 is 1.85 bits per heavy atom. The van der Waals surface area contributed by atoms with Crippen molar-refractivity contribution in [1.82, 2.24) is 10.2 Å². The van der Waals surface area contributed by atoms with Gasteiger partial charge < -0.3 is 10.2 Å². The highest BCUT2D eigenvalue weighted by molar-refractivity contribution is 7.93. The summed E-state index contributed by atoms with van der Waals surface area (Å²) in [6.07, 6.45) is 2.50. The minimum absolute atomic E-state index is 0.188. The maximum Gasteiger partial charge on any atom is 0.265 e. The number of nitrogens with zero attached hydrogens (tertiary/aromatic N) is 2. The van der Waals surface area contributed by atoms with Crippen LogP contribution in [-0.2, 0) is 14.8 Å². The van der Waals surface area contributed by atoms with E-state index in [4.69, 9.17) is 0 Å². The first-order valence-electron chi connectivity index (χ1n) is 9.50. The number of anilines is 1. The number of hydrogen-bond acceptors (Lipinski definition) is 4. The first-order chi connectivity index (χ1) is 13.0. The fraction of sp³-hybridized carbons (Fsp3) is 0.450. The Balaban J connectivity index is 1.43. The fourth-order valence-electron chi connectivity index (χ4n) is 4.07. The zero-order valence-electron chi connectivity index (χ0n) is 15.5. The van der Waals surface area contributed by atoms with E-state index < -0.39 is 10.0 Å². The molecule has 0 saturated carbocycles. The molecule has 6 nitrogen and oxygen atoms in total. The van der Waals surface area contributed by atoms with Crippen molar-refractivity contribution in [3.63, 3.8) is 0 Å². The van der Waals surface area contributed by atoms with Gasteiger partial charge in [0.25, 0.3) is 10.0 Å². The molecule has 2 aliphatic heterocycles. The summed E-state index contributed by atoms with van der Waals surface area (Å²) in [6, 6.07) is 10.7. The highest BCUT2D eigenvalue weighted by Gasteiger charge is 2.36. The molecule has 4 rings (SSSR count). The molecule has 0 spiro atoms. The third kappa shape index (κ3) is 3.41. The molecule has 1 unspecified atom stereocenters. The number of likely N-dealkylation sites (tertiary alicyclic amines) is 1. The minimum Gasteiger partial charge on any atom is -0.354 e. The molecule has 144 valence electrons. The summed E-state index contributed by atoms with van der Waals surface area (Å²) in [5.41, 5.74) is 0.586. The van der Waals surface area contributed by atoms with Crippen LogP contribution in [0.3, 0.4) is 0 Å². The second-order valence-electron chi connectivity index (χ2n) is 7.56. The summed E-state index contributed by atoms with van der Waals surface area (Å²) in [6.45, 7) is 5.71. The summed E-state index contributed by atoms with van der Waals surface area (Å²) < 4.78 is 27.0. The zero-order chi connectivity index (χ0) is 19.0. The zero-order valence-corrected chi connectivity index (χ0v) is 16.3. The van der Waals surface area contributed by atoms with Crippen LogP contribution in [-0.4, -0.2) is 51.9 Å². The summed E-state index contributed by atoms with van der Waals surface area (Å²) in [4.78, 5) is 15.2. The molecule has 0 bridgehead atoms. The van der Waals surface area contributed by atoms with E-state index in [1.807, 2.05) is 18.2 Å². The molecule has 2 aromatic rings. The van der Waals surface area contributed by atoms with Crippen LogP contribution >= 0.6 is 0 Å². The van der Waals surface area contributed by atoms with Crippen molar-refractivity contribution in [2.75, 3.05) is 37.0 Å². The maximum absolute atomic E-state index is 12.9. The number of carbonyl (C=O) groups is 1. The van der Waals surface area contributed by atoms with Gasteiger partial charge in [0.15, 0.2) is 0 Å². The maximum atomic E-state index is 12.9. The van der Waals surface area contributed by atoms with Crippen LogP contribution in [0.4, 0.5) is 5.69 Å². The third-order valence-corrected chi connectivity index (χ3v) is 7.19. The van der Waals surface area contributed by atoms with Crippen molar-refractivity contribution in [3.8, 4) is 0 Å². The summed E-state index contributed by atoms with van der Waals surface area (Å²) in [7, 11) is -3.69. The Bertz CT molecular complexity index is 962. The molecule has 0 aliphatic carbocycles. The van der Waals surface area contributed by atoms with Gasteiger partial charge in [-0.25, -0.2) is 8.42 Å². The number of hydrogen-bond donors (Lipinski definition) is 1. The van der Waals surface area contributed by atoms with Crippen molar-refractivity contribution in [1.29, 1.82) is 0 Å². The quantitative estimate of drug-likeness (QED) is 0.825. The van der Waals surface area contributed by atoms with E-state index in [9.17, 15) is 13.2 Å². The molecular weight excluding hydrogens is 362 g/mol. The standard InChI is InChI=1S/C20H25N3O3S/c1-15(13-22-10-2-3-11-22)12-21-19(24)14-23-17-8-4-6-16-7-5-9-18(20(16)17)27(23,25)26/h4-9,15H,2-3,10-14H2,1H3,(H,21,24). The lowest BCUT2D eigenvalue weighted by molar-refractivity contribution is -0.119. The summed E-state index contributed by atoms with van der Waals surface area (Å²) >= 11 is 0. The van der Waals surface area contributed by atoms with Crippen LogP contribution in [0.25, 0.3) is 10.8 Å². The molecule has 27 heavy (non-hydrogen) atoms. The number of nitrogens with one attached hydrogen (secondary N) is 1. The lowest BCUT2D eigenvalue weighted by atomic mass is 10.1. The van der Waals surface area contributed by atoms with Gasteiger partial charge >= 0.3 is 0 Å². The van der Waals surface area contributed by atoms with Crippen LogP contribution in [0.1, 0.15) is 19.8 Å². The molecule has 7 heteroatoms. The van der Waals surface area contributed by atoms with Crippen LogP contribution in [0, 0.1) is 5.92 Å². The van der Waals surface area contributed by atoms with E-state index in [2.05, 4.69) is 17.1 Å². The number of benzene rings is 2.